The number of nitrogens with zero attached hydrogens (tertiary/aromatic N) is 2. The van der Waals surface area contributed by atoms with Crippen LogP contribution in [0.5, 0.6) is 5.75 Å². The van der Waals surface area contributed by atoms with Crippen LogP contribution in [0.15, 0.2) is 18.2 Å². The molecule has 0 unspecified atom stereocenters. The first-order valence-corrected chi connectivity index (χ1v) is 7.72. The molecule has 0 aliphatic carbocycles. The van der Waals surface area contributed by atoms with Crippen molar-refractivity contribution >= 4 is 17.5 Å². The van der Waals surface area contributed by atoms with Crippen LogP contribution in [0.1, 0.15) is 13.8 Å². The average molecular weight is 305 g/mol. The highest BCUT2D eigenvalue weighted by atomic mass is 16.6. The fourth-order valence-corrected chi connectivity index (χ4v) is 3.24. The van der Waals surface area contributed by atoms with Gasteiger partial charge in [-0.15, -0.1) is 0 Å². The maximum absolute atomic E-state index is 11.8. The summed E-state index contributed by atoms with van der Waals surface area (Å²) in [6.45, 7) is 7.22. The summed E-state index contributed by atoms with van der Waals surface area (Å²) in [4.78, 5) is 15.7. The van der Waals surface area contributed by atoms with Gasteiger partial charge in [0.2, 0.25) is 0 Å². The fraction of sp³-hybridized carbons (Fsp3) is 0.562. The van der Waals surface area contributed by atoms with Gasteiger partial charge < -0.3 is 19.7 Å². The predicted octanol–water partition coefficient (Wildman–Crippen LogP) is 1.84. The van der Waals surface area contributed by atoms with Gasteiger partial charge in [-0.05, 0) is 32.0 Å². The molecular formula is C16H23N3O3. The third kappa shape index (κ3) is 2.83. The first-order valence-electron chi connectivity index (χ1n) is 7.72. The Morgan fingerprint density at radius 2 is 2.00 bits per heavy atom. The number of piperazine rings is 1. The Bertz CT molecular complexity index is 554. The summed E-state index contributed by atoms with van der Waals surface area (Å²) in [5.74, 6) is 0.831. The molecule has 3 rings (SSSR count). The van der Waals surface area contributed by atoms with Gasteiger partial charge >= 0.3 is 6.09 Å². The number of rotatable bonds is 3. The van der Waals surface area contributed by atoms with E-state index in [1.165, 1.54) is 0 Å². The Labute approximate surface area is 131 Å². The lowest BCUT2D eigenvalue weighted by Crippen LogP contribution is -2.54. The van der Waals surface area contributed by atoms with E-state index in [2.05, 4.69) is 24.1 Å². The second kappa shape index (κ2) is 6.04. The summed E-state index contributed by atoms with van der Waals surface area (Å²) in [6.07, 6.45) is -0.279. The van der Waals surface area contributed by atoms with Crippen molar-refractivity contribution in [2.45, 2.75) is 25.9 Å². The molecule has 1 aromatic carbocycles. The van der Waals surface area contributed by atoms with Crippen molar-refractivity contribution in [1.29, 1.82) is 0 Å². The van der Waals surface area contributed by atoms with Gasteiger partial charge in [0.15, 0.2) is 0 Å². The van der Waals surface area contributed by atoms with Crippen LogP contribution in [0.4, 0.5) is 16.2 Å². The molecule has 2 heterocycles. The van der Waals surface area contributed by atoms with Crippen molar-refractivity contribution in [2.24, 2.45) is 0 Å². The van der Waals surface area contributed by atoms with E-state index in [0.29, 0.717) is 25.2 Å². The van der Waals surface area contributed by atoms with Gasteiger partial charge in [0.1, 0.15) is 12.4 Å². The van der Waals surface area contributed by atoms with E-state index in [9.17, 15) is 4.79 Å². The monoisotopic (exact) mass is 305 g/mol. The van der Waals surface area contributed by atoms with Crippen LogP contribution in [-0.4, -0.2) is 51.5 Å². The minimum absolute atomic E-state index is 0.279. The summed E-state index contributed by atoms with van der Waals surface area (Å²) in [6, 6.07) is 6.68. The van der Waals surface area contributed by atoms with Crippen LogP contribution in [0, 0.1) is 0 Å². The number of ether oxygens (including phenoxy) is 2. The molecule has 2 aliphatic rings. The van der Waals surface area contributed by atoms with Gasteiger partial charge in [-0.3, -0.25) is 4.90 Å². The topological polar surface area (TPSA) is 54.0 Å². The molecule has 2 aliphatic heterocycles. The molecule has 6 heteroatoms. The molecule has 0 aromatic heterocycles. The highest BCUT2D eigenvalue weighted by Crippen LogP contribution is 2.34. The molecule has 1 N–H and O–H groups in total. The van der Waals surface area contributed by atoms with Gasteiger partial charge in [0.05, 0.1) is 19.3 Å². The quantitative estimate of drug-likeness (QED) is 0.923. The largest absolute Gasteiger partial charge is 0.495 e. The summed E-state index contributed by atoms with van der Waals surface area (Å²) < 4.78 is 10.5. The Morgan fingerprint density at radius 3 is 2.59 bits per heavy atom. The zero-order valence-electron chi connectivity index (χ0n) is 13.3. The van der Waals surface area contributed by atoms with E-state index in [-0.39, 0.29) is 6.09 Å². The molecule has 1 amide bonds. The maximum atomic E-state index is 11.8. The number of hydrogen-bond acceptors (Lipinski definition) is 5. The lowest BCUT2D eigenvalue weighted by molar-refractivity contribution is 0.181. The van der Waals surface area contributed by atoms with Crippen LogP contribution in [-0.2, 0) is 4.74 Å². The summed E-state index contributed by atoms with van der Waals surface area (Å²) >= 11 is 0. The van der Waals surface area contributed by atoms with Crippen molar-refractivity contribution < 1.29 is 14.3 Å². The van der Waals surface area contributed by atoms with Gasteiger partial charge in [-0.1, -0.05) is 0 Å². The van der Waals surface area contributed by atoms with Crippen molar-refractivity contribution in [2.75, 3.05) is 43.2 Å². The normalized spacial score (nSPS) is 25.3. The molecule has 0 radical (unpaired) electrons. The fourth-order valence-electron chi connectivity index (χ4n) is 3.24. The van der Waals surface area contributed by atoms with Crippen LogP contribution in [0.25, 0.3) is 0 Å². The van der Waals surface area contributed by atoms with Crippen LogP contribution >= 0.6 is 0 Å². The van der Waals surface area contributed by atoms with Gasteiger partial charge in [0, 0.05) is 30.9 Å². The Balaban J connectivity index is 1.92. The minimum Gasteiger partial charge on any atom is -0.495 e. The standard InChI is InChI=1S/C16H23N3O3/c1-11-9-18(10-12(2)17-11)14-8-13(4-5-15(14)21-3)19-6-7-22-16(19)20/h4-5,8,11-12,17H,6-7,9-10H2,1-3H3/t11-,12+. The molecule has 120 valence electrons. The van der Waals surface area contributed by atoms with Crippen molar-refractivity contribution in [3.8, 4) is 5.75 Å². The van der Waals surface area contributed by atoms with E-state index in [0.717, 1.165) is 30.2 Å². The van der Waals surface area contributed by atoms with Gasteiger partial charge in [-0.25, -0.2) is 4.79 Å². The summed E-state index contributed by atoms with van der Waals surface area (Å²) in [5.41, 5.74) is 1.89. The van der Waals surface area contributed by atoms with E-state index in [4.69, 9.17) is 9.47 Å². The Hall–Kier alpha value is -1.95. The molecule has 22 heavy (non-hydrogen) atoms. The van der Waals surface area contributed by atoms with Crippen LogP contribution in [0.3, 0.4) is 0 Å². The smallest absolute Gasteiger partial charge is 0.414 e. The van der Waals surface area contributed by atoms with Crippen LogP contribution in [0.2, 0.25) is 0 Å². The highest BCUT2D eigenvalue weighted by molar-refractivity contribution is 5.90. The lowest BCUT2D eigenvalue weighted by atomic mass is 10.1. The van der Waals surface area contributed by atoms with Crippen molar-refractivity contribution in [3.05, 3.63) is 18.2 Å². The molecule has 6 nitrogen and oxygen atoms in total. The molecule has 2 saturated heterocycles. The second-order valence-corrected chi connectivity index (χ2v) is 6.00. The number of nitrogens with one attached hydrogen (secondary N) is 1. The third-order valence-electron chi connectivity index (χ3n) is 4.13. The van der Waals surface area contributed by atoms with Crippen molar-refractivity contribution in [3.63, 3.8) is 0 Å². The zero-order valence-corrected chi connectivity index (χ0v) is 13.3. The number of anilines is 2. The average Bonchev–Trinajstić information content (AvgIpc) is 2.91. The molecule has 1 aromatic rings. The number of carbonyl (C=O) groups is 1. The van der Waals surface area contributed by atoms with E-state index in [1.54, 1.807) is 12.0 Å². The van der Waals surface area contributed by atoms with Crippen LogP contribution < -0.4 is 19.9 Å². The number of cyclic esters (lactones) is 1. The van der Waals surface area contributed by atoms with E-state index >= 15 is 0 Å². The first-order chi connectivity index (χ1) is 10.6. The number of benzene rings is 1. The van der Waals surface area contributed by atoms with Gasteiger partial charge in [0.25, 0.3) is 0 Å². The Kier molecular flexibility index (Phi) is 4.11. The lowest BCUT2D eigenvalue weighted by Gasteiger charge is -2.38. The number of amides is 1. The van der Waals surface area contributed by atoms with Crippen molar-refractivity contribution in [1.82, 2.24) is 5.32 Å². The summed E-state index contributed by atoms with van der Waals surface area (Å²) in [7, 11) is 1.68. The first kappa shape index (κ1) is 15.0. The molecule has 0 spiro atoms. The SMILES string of the molecule is COc1ccc(N2CCOC2=O)cc1N1C[C@@H](C)N[C@@H](C)C1. The maximum Gasteiger partial charge on any atom is 0.414 e. The second-order valence-electron chi connectivity index (χ2n) is 6.00. The highest BCUT2D eigenvalue weighted by Gasteiger charge is 2.27. The number of methoxy groups -OCH3 is 1. The van der Waals surface area contributed by atoms with Gasteiger partial charge in [-0.2, -0.15) is 0 Å². The minimum atomic E-state index is -0.279. The number of hydrogen-bond donors (Lipinski definition) is 1. The Morgan fingerprint density at radius 1 is 1.27 bits per heavy atom. The van der Waals surface area contributed by atoms with E-state index in [1.807, 2.05) is 18.2 Å². The number of carbonyl (C=O) groups excluding carboxylic acids is 1. The molecule has 0 bridgehead atoms. The molecule has 2 fully saturated rings. The molecular weight excluding hydrogens is 282 g/mol. The molecule has 2 atom stereocenters. The predicted molar refractivity (Wildman–Crippen MR) is 86.0 cm³/mol. The van der Waals surface area contributed by atoms with E-state index < -0.39 is 0 Å². The molecule has 0 saturated carbocycles. The summed E-state index contributed by atoms with van der Waals surface area (Å²) in [5, 5.41) is 3.53. The zero-order chi connectivity index (χ0) is 15.7. The third-order valence-corrected chi connectivity index (χ3v) is 4.13.